The molecule has 0 bridgehead atoms. The molecule has 60 valence electrons. The first-order chi connectivity index (χ1) is 5.24. The Kier molecular flexibility index (Phi) is 4.36. The van der Waals surface area contributed by atoms with Gasteiger partial charge in [-0.15, -0.1) is 0 Å². The number of hydrogen-bond donors (Lipinski definition) is 0. The molecule has 1 rings (SSSR count). The molecule has 0 saturated carbocycles. The Balaban J connectivity index is 2.86. The Morgan fingerprint density at radius 1 is 1.18 bits per heavy atom. The summed E-state index contributed by atoms with van der Waals surface area (Å²) < 4.78 is 2.75. The highest BCUT2D eigenvalue weighted by Gasteiger charge is 1.96. The zero-order valence-electron chi connectivity index (χ0n) is 6.40. The molecular formula is C8H10I2Si. The van der Waals surface area contributed by atoms with Crippen molar-refractivity contribution in [2.75, 3.05) is 0 Å². The predicted molar refractivity (Wildman–Crippen MR) is 70.3 cm³/mol. The van der Waals surface area contributed by atoms with Crippen LogP contribution in [0.5, 0.6) is 0 Å². The van der Waals surface area contributed by atoms with Gasteiger partial charge in [0.25, 0.3) is 0 Å². The van der Waals surface area contributed by atoms with Crippen LogP contribution >= 0.6 is 45.2 Å². The van der Waals surface area contributed by atoms with Crippen LogP contribution in [0.1, 0.15) is 5.56 Å². The average molecular weight is 388 g/mol. The number of halogens is 2. The van der Waals surface area contributed by atoms with E-state index >= 15 is 0 Å². The van der Waals surface area contributed by atoms with E-state index in [0.717, 1.165) is 0 Å². The van der Waals surface area contributed by atoms with Crippen molar-refractivity contribution in [1.82, 2.24) is 0 Å². The maximum Gasteiger partial charge on any atom is 0.0266 e. The third-order valence-electron chi connectivity index (χ3n) is 1.52. The minimum Gasteiger partial charge on any atom is -0.0619 e. The maximum atomic E-state index is 2.39. The lowest BCUT2D eigenvalue weighted by Gasteiger charge is -2.00. The molecule has 0 unspecified atom stereocenters. The predicted octanol–water partition coefficient (Wildman–Crippen LogP) is 2.22. The van der Waals surface area contributed by atoms with Crippen LogP contribution in [-0.4, -0.2) is 10.2 Å². The van der Waals surface area contributed by atoms with E-state index in [0.29, 0.717) is 0 Å². The smallest absolute Gasteiger partial charge is 0.0266 e. The SMILES string of the molecule is [SiH3]CCc1ccc(I)c(I)c1. The Hall–Kier alpha value is 0.897. The van der Waals surface area contributed by atoms with Crippen LogP contribution in [0.3, 0.4) is 0 Å². The van der Waals surface area contributed by atoms with Crippen LogP contribution < -0.4 is 0 Å². The summed E-state index contributed by atoms with van der Waals surface area (Å²) in [4.78, 5) is 0. The van der Waals surface area contributed by atoms with Gasteiger partial charge >= 0.3 is 0 Å². The monoisotopic (exact) mass is 388 g/mol. The van der Waals surface area contributed by atoms with E-state index in [1.807, 2.05) is 0 Å². The largest absolute Gasteiger partial charge is 0.0619 e. The molecule has 0 spiro atoms. The Morgan fingerprint density at radius 3 is 2.45 bits per heavy atom. The molecular weight excluding hydrogens is 378 g/mol. The average Bonchev–Trinajstić information content (AvgIpc) is 1.98. The molecule has 0 aliphatic rings. The second-order valence-corrected chi connectivity index (χ2v) is 5.82. The Morgan fingerprint density at radius 2 is 1.91 bits per heavy atom. The normalized spacial score (nSPS) is 10.4. The third-order valence-corrected chi connectivity index (χ3v) is 4.89. The first-order valence-corrected chi connectivity index (χ1v) is 7.25. The van der Waals surface area contributed by atoms with Crippen molar-refractivity contribution in [1.29, 1.82) is 0 Å². The molecule has 1 aromatic rings. The fourth-order valence-corrected chi connectivity index (χ4v) is 2.48. The maximum absolute atomic E-state index is 2.39. The molecule has 0 heterocycles. The second kappa shape index (κ2) is 4.81. The van der Waals surface area contributed by atoms with Crippen LogP contribution in [0.15, 0.2) is 18.2 Å². The van der Waals surface area contributed by atoms with Gasteiger partial charge in [0, 0.05) is 17.4 Å². The van der Waals surface area contributed by atoms with Crippen molar-refractivity contribution in [2.24, 2.45) is 0 Å². The fraction of sp³-hybridized carbons (Fsp3) is 0.250. The van der Waals surface area contributed by atoms with E-state index < -0.39 is 0 Å². The summed E-state index contributed by atoms with van der Waals surface area (Å²) in [5.41, 5.74) is 1.49. The lowest BCUT2D eigenvalue weighted by atomic mass is 10.2. The number of benzene rings is 1. The summed E-state index contributed by atoms with van der Waals surface area (Å²) in [6.07, 6.45) is 1.26. The van der Waals surface area contributed by atoms with E-state index in [1.165, 1.54) is 35.4 Å². The molecule has 0 aliphatic heterocycles. The lowest BCUT2D eigenvalue weighted by molar-refractivity contribution is 1.13. The van der Waals surface area contributed by atoms with E-state index in [2.05, 4.69) is 63.4 Å². The summed E-state index contributed by atoms with van der Waals surface area (Å²) in [6, 6.07) is 8.10. The number of rotatable bonds is 2. The van der Waals surface area contributed by atoms with Gasteiger partial charge in [-0.05, 0) is 69.3 Å². The summed E-state index contributed by atoms with van der Waals surface area (Å²) in [5, 5.41) is 0. The lowest BCUT2D eigenvalue weighted by Crippen LogP contribution is -1.86. The Bertz CT molecular complexity index is 248. The minimum atomic E-state index is 1.26. The topological polar surface area (TPSA) is 0 Å². The van der Waals surface area contributed by atoms with E-state index in [-0.39, 0.29) is 0 Å². The standard InChI is InChI=1S/C8H10I2Si/c9-7-2-1-6(3-4-11)5-8(7)10/h1-2,5H,3-4H2,11H3. The number of hydrogen-bond acceptors (Lipinski definition) is 0. The summed E-state index contributed by atoms with van der Waals surface area (Å²) in [7, 11) is 1.32. The third kappa shape index (κ3) is 3.02. The molecule has 0 atom stereocenters. The van der Waals surface area contributed by atoms with Crippen LogP contribution in [0, 0.1) is 7.14 Å². The molecule has 0 aliphatic carbocycles. The van der Waals surface area contributed by atoms with Gasteiger partial charge in [0.1, 0.15) is 0 Å². The van der Waals surface area contributed by atoms with Gasteiger partial charge in [-0.2, -0.15) is 0 Å². The molecule has 0 nitrogen and oxygen atoms in total. The minimum absolute atomic E-state index is 1.26. The van der Waals surface area contributed by atoms with Crippen molar-refractivity contribution in [2.45, 2.75) is 12.5 Å². The van der Waals surface area contributed by atoms with Crippen molar-refractivity contribution in [3.8, 4) is 0 Å². The van der Waals surface area contributed by atoms with Crippen LogP contribution in [0.4, 0.5) is 0 Å². The molecule has 11 heavy (non-hydrogen) atoms. The van der Waals surface area contributed by atoms with Gasteiger partial charge in [0.05, 0.1) is 0 Å². The fourth-order valence-electron chi connectivity index (χ4n) is 0.984. The molecule has 0 amide bonds. The molecule has 3 heteroatoms. The molecule has 0 fully saturated rings. The van der Waals surface area contributed by atoms with Gasteiger partial charge in [-0.3, -0.25) is 0 Å². The Labute approximate surface area is 97.9 Å². The molecule has 0 saturated heterocycles. The zero-order chi connectivity index (χ0) is 8.27. The molecule has 1 aromatic carbocycles. The first-order valence-electron chi connectivity index (χ1n) is 3.68. The number of aryl methyl sites for hydroxylation is 1. The first kappa shape index (κ1) is 9.98. The van der Waals surface area contributed by atoms with Gasteiger partial charge in [-0.25, -0.2) is 0 Å². The summed E-state index contributed by atoms with van der Waals surface area (Å²) >= 11 is 4.76. The summed E-state index contributed by atoms with van der Waals surface area (Å²) in [6.45, 7) is 0. The summed E-state index contributed by atoms with van der Waals surface area (Å²) in [5.74, 6) is 0. The highest BCUT2D eigenvalue weighted by Crippen LogP contribution is 2.17. The van der Waals surface area contributed by atoms with E-state index in [9.17, 15) is 0 Å². The van der Waals surface area contributed by atoms with Crippen molar-refractivity contribution in [3.63, 3.8) is 0 Å². The molecule has 0 N–H and O–H groups in total. The van der Waals surface area contributed by atoms with Crippen molar-refractivity contribution in [3.05, 3.63) is 30.9 Å². The highest BCUT2D eigenvalue weighted by molar-refractivity contribution is 14.1. The van der Waals surface area contributed by atoms with Gasteiger partial charge < -0.3 is 0 Å². The molecule has 0 radical (unpaired) electrons. The quantitative estimate of drug-likeness (QED) is 0.539. The second-order valence-electron chi connectivity index (χ2n) is 2.50. The van der Waals surface area contributed by atoms with Crippen LogP contribution in [0.25, 0.3) is 0 Å². The van der Waals surface area contributed by atoms with Gasteiger partial charge in [-0.1, -0.05) is 12.1 Å². The highest BCUT2D eigenvalue weighted by atomic mass is 127. The van der Waals surface area contributed by atoms with Crippen molar-refractivity contribution >= 4 is 55.4 Å². The van der Waals surface area contributed by atoms with E-state index in [1.54, 1.807) is 0 Å². The zero-order valence-corrected chi connectivity index (χ0v) is 12.7. The van der Waals surface area contributed by atoms with Gasteiger partial charge in [0.15, 0.2) is 0 Å². The van der Waals surface area contributed by atoms with Crippen molar-refractivity contribution < 1.29 is 0 Å². The molecule has 0 aromatic heterocycles. The van der Waals surface area contributed by atoms with Gasteiger partial charge in [0.2, 0.25) is 0 Å². The van der Waals surface area contributed by atoms with Crippen LogP contribution in [0.2, 0.25) is 6.04 Å². The van der Waals surface area contributed by atoms with E-state index in [4.69, 9.17) is 0 Å². The van der Waals surface area contributed by atoms with Crippen LogP contribution in [-0.2, 0) is 6.42 Å².